The van der Waals surface area contributed by atoms with Gasteiger partial charge >= 0.3 is 0 Å². The lowest BCUT2D eigenvalue weighted by Crippen LogP contribution is -2.10. The van der Waals surface area contributed by atoms with E-state index >= 15 is 0 Å². The molecule has 0 bridgehead atoms. The number of nitrogens with one attached hydrogen (secondary N) is 1. The minimum Gasteiger partial charge on any atom is -0.396 e. The number of hydrogen-bond donors (Lipinski definition) is 3. The molecule has 4 N–H and O–H groups in total. The molecule has 0 aliphatic rings. The quantitative estimate of drug-likeness (QED) is 0.329. The molecule has 0 saturated carbocycles. The van der Waals surface area contributed by atoms with Gasteiger partial charge in [-0.1, -0.05) is 6.92 Å². The van der Waals surface area contributed by atoms with Crippen molar-refractivity contribution in [1.82, 2.24) is 9.97 Å². The number of anilines is 1. The van der Waals surface area contributed by atoms with E-state index in [4.69, 9.17) is 10.9 Å². The maximum Gasteiger partial charge on any atom is 0.158 e. The molecule has 0 spiro atoms. The second-order valence-electron chi connectivity index (χ2n) is 2.93. The van der Waals surface area contributed by atoms with Crippen LogP contribution in [0.1, 0.15) is 13.3 Å². The van der Waals surface area contributed by atoms with E-state index in [1.165, 1.54) is 6.33 Å². The highest BCUT2D eigenvalue weighted by Gasteiger charge is 2.11. The number of thioether (sulfide) groups is 1. The predicted molar refractivity (Wildman–Crippen MR) is 64.6 cm³/mol. The number of aliphatic hydroxyl groups is 1. The van der Waals surface area contributed by atoms with Crippen molar-refractivity contribution in [2.24, 2.45) is 5.84 Å². The first kappa shape index (κ1) is 12.7. The Morgan fingerprint density at radius 2 is 2.40 bits per heavy atom. The topological polar surface area (TPSA) is 84.1 Å². The van der Waals surface area contributed by atoms with Gasteiger partial charge in [-0.2, -0.15) is 0 Å². The van der Waals surface area contributed by atoms with Crippen LogP contribution in [0.5, 0.6) is 0 Å². The number of rotatable bonds is 5. The number of aromatic nitrogens is 2. The second kappa shape index (κ2) is 6.26. The van der Waals surface area contributed by atoms with Gasteiger partial charge in [0.25, 0.3) is 0 Å². The molecule has 1 rings (SSSR count). The van der Waals surface area contributed by atoms with E-state index in [2.05, 4.69) is 31.3 Å². The summed E-state index contributed by atoms with van der Waals surface area (Å²) in [5, 5.41) is 9.91. The van der Waals surface area contributed by atoms with Gasteiger partial charge < -0.3 is 10.5 Å². The molecule has 15 heavy (non-hydrogen) atoms. The normalized spacial score (nSPS) is 12.5. The lowest BCUT2D eigenvalue weighted by atomic mass is 10.3. The van der Waals surface area contributed by atoms with Gasteiger partial charge in [-0.15, -0.1) is 11.8 Å². The van der Waals surface area contributed by atoms with Crippen LogP contribution in [0.3, 0.4) is 0 Å². The van der Waals surface area contributed by atoms with Crippen LogP contribution < -0.4 is 11.3 Å². The summed E-state index contributed by atoms with van der Waals surface area (Å²) in [6.07, 6.45) is 2.18. The number of halogens is 1. The fraction of sp³-hybridized carbons (Fsp3) is 0.500. The zero-order chi connectivity index (χ0) is 11.3. The molecular formula is C8H13BrN4OS. The number of nitrogens with zero attached hydrogens (tertiary/aromatic N) is 2. The SMILES string of the molecule is CC(CCO)Sc1ncnc(NN)c1Br. The van der Waals surface area contributed by atoms with Crippen molar-refractivity contribution >= 4 is 33.5 Å². The van der Waals surface area contributed by atoms with E-state index in [9.17, 15) is 0 Å². The zero-order valence-corrected chi connectivity index (χ0v) is 10.7. The predicted octanol–water partition coefficient (Wildman–Crippen LogP) is 1.39. The van der Waals surface area contributed by atoms with E-state index in [0.717, 1.165) is 15.9 Å². The lowest BCUT2D eigenvalue weighted by molar-refractivity contribution is 0.289. The largest absolute Gasteiger partial charge is 0.396 e. The molecule has 0 amide bonds. The highest BCUT2D eigenvalue weighted by atomic mass is 79.9. The van der Waals surface area contributed by atoms with Crippen LogP contribution in [0, 0.1) is 0 Å². The summed E-state index contributed by atoms with van der Waals surface area (Å²) >= 11 is 4.94. The van der Waals surface area contributed by atoms with Crippen molar-refractivity contribution in [3.63, 3.8) is 0 Å². The van der Waals surface area contributed by atoms with Crippen molar-refractivity contribution in [3.8, 4) is 0 Å². The Kier molecular flexibility index (Phi) is 5.30. The summed E-state index contributed by atoms with van der Waals surface area (Å²) < 4.78 is 0.752. The van der Waals surface area contributed by atoms with E-state index in [0.29, 0.717) is 11.1 Å². The molecule has 0 radical (unpaired) electrons. The molecule has 1 aromatic heterocycles. The number of aliphatic hydroxyl groups excluding tert-OH is 1. The Morgan fingerprint density at radius 3 is 3.00 bits per heavy atom. The monoisotopic (exact) mass is 292 g/mol. The molecule has 0 aromatic carbocycles. The summed E-state index contributed by atoms with van der Waals surface area (Å²) in [7, 11) is 0. The third kappa shape index (κ3) is 3.60. The Balaban J connectivity index is 2.76. The zero-order valence-electron chi connectivity index (χ0n) is 8.27. The fourth-order valence-electron chi connectivity index (χ4n) is 0.968. The molecule has 0 saturated heterocycles. The first-order valence-corrected chi connectivity index (χ1v) is 6.11. The molecule has 84 valence electrons. The van der Waals surface area contributed by atoms with Gasteiger partial charge in [0.05, 0.1) is 4.47 Å². The molecule has 0 fully saturated rings. The fourth-order valence-corrected chi connectivity index (χ4v) is 2.48. The Morgan fingerprint density at radius 1 is 1.67 bits per heavy atom. The Hall–Kier alpha value is -0.370. The third-order valence-electron chi connectivity index (χ3n) is 1.74. The Bertz CT molecular complexity index is 326. The maximum absolute atomic E-state index is 8.79. The second-order valence-corrected chi connectivity index (χ2v) is 5.15. The first-order valence-electron chi connectivity index (χ1n) is 4.43. The van der Waals surface area contributed by atoms with Gasteiger partial charge in [0.1, 0.15) is 11.4 Å². The van der Waals surface area contributed by atoms with Crippen LogP contribution in [0.2, 0.25) is 0 Å². The minimum atomic E-state index is 0.179. The summed E-state index contributed by atoms with van der Waals surface area (Å²) in [6, 6.07) is 0. The van der Waals surface area contributed by atoms with Crippen molar-refractivity contribution < 1.29 is 5.11 Å². The van der Waals surface area contributed by atoms with Crippen LogP contribution in [0.4, 0.5) is 5.82 Å². The molecule has 1 unspecified atom stereocenters. The van der Waals surface area contributed by atoms with E-state index in [-0.39, 0.29) is 6.61 Å². The van der Waals surface area contributed by atoms with E-state index in [1.54, 1.807) is 11.8 Å². The summed E-state index contributed by atoms with van der Waals surface area (Å²) in [6.45, 7) is 2.21. The average molecular weight is 293 g/mol. The minimum absolute atomic E-state index is 0.179. The van der Waals surface area contributed by atoms with Crippen LogP contribution in [0.15, 0.2) is 15.8 Å². The maximum atomic E-state index is 8.79. The highest BCUT2D eigenvalue weighted by Crippen LogP contribution is 2.32. The number of hydrazine groups is 1. The van der Waals surface area contributed by atoms with Crippen molar-refractivity contribution in [2.45, 2.75) is 23.6 Å². The molecule has 0 aliphatic heterocycles. The van der Waals surface area contributed by atoms with Gasteiger partial charge in [-0.25, -0.2) is 15.8 Å². The third-order valence-corrected chi connectivity index (χ3v) is 3.93. The van der Waals surface area contributed by atoms with Crippen LogP contribution in [-0.2, 0) is 0 Å². The average Bonchev–Trinajstić information content (AvgIpc) is 2.21. The van der Waals surface area contributed by atoms with Gasteiger partial charge in [-0.05, 0) is 22.4 Å². The molecular weight excluding hydrogens is 280 g/mol. The lowest BCUT2D eigenvalue weighted by Gasteiger charge is -2.11. The van der Waals surface area contributed by atoms with Crippen LogP contribution in [-0.4, -0.2) is 26.9 Å². The Labute approximate surface area is 101 Å². The molecule has 0 aliphatic carbocycles. The number of hydrogen-bond acceptors (Lipinski definition) is 6. The molecule has 1 heterocycles. The van der Waals surface area contributed by atoms with Crippen LogP contribution >= 0.6 is 27.7 Å². The summed E-state index contributed by atoms with van der Waals surface area (Å²) in [5.74, 6) is 5.85. The summed E-state index contributed by atoms with van der Waals surface area (Å²) in [5.41, 5.74) is 2.48. The number of nitrogen functional groups attached to an aromatic ring is 1. The van der Waals surface area contributed by atoms with Gasteiger partial charge in [0.15, 0.2) is 5.82 Å². The van der Waals surface area contributed by atoms with Gasteiger partial charge in [0, 0.05) is 11.9 Å². The van der Waals surface area contributed by atoms with Gasteiger partial charge in [-0.3, -0.25) is 0 Å². The molecule has 5 nitrogen and oxygen atoms in total. The first-order chi connectivity index (χ1) is 7.19. The standard InChI is InChI=1S/C8H13BrN4OS/c1-5(2-3-14)15-8-6(9)7(13-10)11-4-12-8/h4-5,14H,2-3,10H2,1H3,(H,11,12,13). The van der Waals surface area contributed by atoms with Crippen molar-refractivity contribution in [1.29, 1.82) is 0 Å². The van der Waals surface area contributed by atoms with Gasteiger partial charge in [0.2, 0.25) is 0 Å². The van der Waals surface area contributed by atoms with Crippen molar-refractivity contribution in [3.05, 3.63) is 10.8 Å². The number of nitrogens with two attached hydrogens (primary N) is 1. The summed E-state index contributed by atoms with van der Waals surface area (Å²) in [4.78, 5) is 8.09. The van der Waals surface area contributed by atoms with Crippen LogP contribution in [0.25, 0.3) is 0 Å². The molecule has 7 heteroatoms. The highest BCUT2D eigenvalue weighted by molar-refractivity contribution is 9.10. The molecule has 1 atom stereocenters. The molecule has 1 aromatic rings. The van der Waals surface area contributed by atoms with E-state index < -0.39 is 0 Å². The smallest absolute Gasteiger partial charge is 0.158 e. The van der Waals surface area contributed by atoms with Crippen molar-refractivity contribution in [2.75, 3.05) is 12.0 Å². The van der Waals surface area contributed by atoms with E-state index in [1.807, 2.05) is 6.92 Å².